The Bertz CT molecular complexity index is 1250. The van der Waals surface area contributed by atoms with Crippen molar-refractivity contribution in [2.75, 3.05) is 13.2 Å². The Hall–Kier alpha value is -0.360. The van der Waals surface area contributed by atoms with Gasteiger partial charge in [0.1, 0.15) is 36.1 Å². The Morgan fingerprint density at radius 1 is 0.765 bits per heavy atom. The zero-order valence-electron chi connectivity index (χ0n) is 33.1. The van der Waals surface area contributed by atoms with Crippen molar-refractivity contribution in [3.63, 3.8) is 0 Å². The average Bonchev–Trinajstić information content (AvgIpc) is 3.48. The first-order valence-electron chi connectivity index (χ1n) is 20.7. The lowest BCUT2D eigenvalue weighted by molar-refractivity contribution is -0.245. The van der Waals surface area contributed by atoms with Gasteiger partial charge in [-0.2, -0.15) is 0 Å². The lowest BCUT2D eigenvalue weighted by atomic mass is 9.31. The number of rotatable bonds is 10. The Labute approximate surface area is 308 Å². The van der Waals surface area contributed by atoms with Gasteiger partial charge in [0.05, 0.1) is 25.4 Å². The van der Waals surface area contributed by atoms with Gasteiger partial charge in [-0.15, -0.1) is 0 Å². The Kier molecular flexibility index (Phi) is 10.8. The summed E-state index contributed by atoms with van der Waals surface area (Å²) < 4.78 is 5.53. The molecule has 6 saturated carbocycles. The third-order valence-electron chi connectivity index (χ3n) is 18.1. The van der Waals surface area contributed by atoms with Crippen LogP contribution in [-0.4, -0.2) is 97.2 Å². The van der Waals surface area contributed by atoms with E-state index in [4.69, 9.17) is 10.5 Å². The molecule has 6 aliphatic carbocycles. The molecular formula is C42H75NO8. The summed E-state index contributed by atoms with van der Waals surface area (Å²) in [7, 11) is 0. The molecule has 0 amide bonds. The van der Waals surface area contributed by atoms with Crippen molar-refractivity contribution >= 4 is 0 Å². The van der Waals surface area contributed by atoms with E-state index < -0.39 is 61.5 Å². The van der Waals surface area contributed by atoms with Crippen molar-refractivity contribution in [1.82, 2.24) is 0 Å². The predicted molar refractivity (Wildman–Crippen MR) is 197 cm³/mol. The summed E-state index contributed by atoms with van der Waals surface area (Å²) in [4.78, 5) is 0. The van der Waals surface area contributed by atoms with Gasteiger partial charge in [-0.05, 0) is 146 Å². The molecule has 0 spiro atoms. The molecule has 0 aromatic heterocycles. The Balaban J connectivity index is 1.07. The van der Waals surface area contributed by atoms with Gasteiger partial charge in [-0.1, -0.05) is 55.4 Å². The number of ether oxygens (including phenoxy) is 1. The monoisotopic (exact) mass is 722 g/mol. The maximum atomic E-state index is 11.0. The summed E-state index contributed by atoms with van der Waals surface area (Å²) in [6.07, 6.45) is 5.65. The highest BCUT2D eigenvalue weighted by Gasteiger charge is 2.70. The van der Waals surface area contributed by atoms with E-state index in [1.807, 2.05) is 0 Å². The fraction of sp³-hybridized carbons (Fsp3) is 1.00. The maximum Gasteiger partial charge on any atom is 0.144 e. The maximum absolute atomic E-state index is 11.0. The molecule has 6 rings (SSSR count). The van der Waals surface area contributed by atoms with E-state index in [2.05, 4.69) is 55.4 Å². The fourth-order valence-corrected chi connectivity index (χ4v) is 15.7. The normalized spacial score (nSPS) is 52.9. The molecule has 6 aliphatic rings. The predicted octanol–water partition coefficient (Wildman–Crippen LogP) is 4.39. The van der Waals surface area contributed by atoms with Crippen molar-refractivity contribution in [3.05, 3.63) is 0 Å². The van der Waals surface area contributed by atoms with Crippen LogP contribution in [0.2, 0.25) is 0 Å². The third-order valence-corrected chi connectivity index (χ3v) is 18.1. The molecule has 51 heavy (non-hydrogen) atoms. The summed E-state index contributed by atoms with van der Waals surface area (Å²) in [5.74, 6) is 4.77. The molecule has 0 heterocycles. The Morgan fingerprint density at radius 3 is 2.00 bits per heavy atom. The second-order valence-electron chi connectivity index (χ2n) is 21.1. The molecular weight excluding hydrogens is 646 g/mol. The van der Waals surface area contributed by atoms with Crippen LogP contribution in [0.4, 0.5) is 0 Å². The highest BCUT2D eigenvalue weighted by atomic mass is 16.5. The van der Waals surface area contributed by atoms with Gasteiger partial charge in [0.25, 0.3) is 0 Å². The zero-order valence-corrected chi connectivity index (χ0v) is 33.1. The van der Waals surface area contributed by atoms with E-state index in [1.54, 1.807) is 0 Å². The fourth-order valence-electron chi connectivity index (χ4n) is 15.7. The van der Waals surface area contributed by atoms with Gasteiger partial charge in [0, 0.05) is 0 Å². The smallest absolute Gasteiger partial charge is 0.144 e. The molecule has 9 heteroatoms. The summed E-state index contributed by atoms with van der Waals surface area (Å²) in [6, 6.07) is -1.20. The van der Waals surface area contributed by atoms with Gasteiger partial charge in [-0.3, -0.25) is 0 Å². The van der Waals surface area contributed by atoms with E-state index in [-0.39, 0.29) is 0 Å². The van der Waals surface area contributed by atoms with Crippen molar-refractivity contribution in [1.29, 1.82) is 0 Å². The van der Waals surface area contributed by atoms with Crippen molar-refractivity contribution in [2.45, 2.75) is 181 Å². The molecule has 0 aliphatic heterocycles. The number of nitrogens with two attached hydrogens (primary N) is 1. The van der Waals surface area contributed by atoms with Crippen molar-refractivity contribution in [2.24, 2.45) is 74.2 Å². The molecule has 9 N–H and O–H groups in total. The molecule has 296 valence electrons. The lowest BCUT2D eigenvalue weighted by Gasteiger charge is -2.73. The first kappa shape index (κ1) is 40.3. The molecule has 19 atom stereocenters. The number of fused-ring (bicyclic) bond motifs is 7. The van der Waals surface area contributed by atoms with Gasteiger partial charge < -0.3 is 46.2 Å². The van der Waals surface area contributed by atoms with E-state index in [0.29, 0.717) is 51.2 Å². The van der Waals surface area contributed by atoms with Crippen molar-refractivity contribution < 1.29 is 40.5 Å². The van der Waals surface area contributed by atoms with Crippen LogP contribution < -0.4 is 5.73 Å². The van der Waals surface area contributed by atoms with Gasteiger partial charge in [-0.25, -0.2) is 0 Å². The van der Waals surface area contributed by atoms with Gasteiger partial charge in [0.2, 0.25) is 0 Å². The highest BCUT2D eigenvalue weighted by molar-refractivity contribution is 5.19. The minimum Gasteiger partial charge on any atom is -0.393 e. The number of aliphatic hydroxyl groups excluding tert-OH is 6. The second kappa shape index (κ2) is 13.7. The standard InChI is InChI=1S/C42H75NO8/c1-23-19-37(3,4)29-15-18-41(8)31(39(29,6)20-23)12-11-30-38(5)16-13-25(26(38)14-17-40(30,41)7)24(2)9-10-27(45)33(47)28(46)21-51-36-32(43)34(48)35(49)42(36,50)22-44/h23-36,44-50H,9-22,43H2,1-8H3/t23-,24-,25-,26?,27?,28?,29?,30?,31?,32-,33?,34-,35+,36-,38+,39+,40-,41-,42+/m1/s1. The van der Waals surface area contributed by atoms with Crippen LogP contribution in [0.3, 0.4) is 0 Å². The molecule has 0 aromatic carbocycles. The van der Waals surface area contributed by atoms with Gasteiger partial charge >= 0.3 is 0 Å². The molecule has 7 unspecified atom stereocenters. The number of hydrogen-bond donors (Lipinski definition) is 8. The van der Waals surface area contributed by atoms with Crippen LogP contribution in [0.1, 0.15) is 132 Å². The lowest BCUT2D eigenvalue weighted by Crippen LogP contribution is -2.66. The van der Waals surface area contributed by atoms with E-state index in [1.165, 1.54) is 64.2 Å². The quantitative estimate of drug-likeness (QED) is 0.163. The molecule has 6 fully saturated rings. The van der Waals surface area contributed by atoms with Gasteiger partial charge in [0.15, 0.2) is 0 Å². The first-order valence-corrected chi connectivity index (χ1v) is 20.7. The minimum atomic E-state index is -2.20. The van der Waals surface area contributed by atoms with Crippen LogP contribution in [-0.2, 0) is 4.74 Å². The molecule has 9 nitrogen and oxygen atoms in total. The van der Waals surface area contributed by atoms with Crippen molar-refractivity contribution in [3.8, 4) is 0 Å². The third kappa shape index (κ3) is 6.03. The molecule has 0 bridgehead atoms. The Morgan fingerprint density at radius 2 is 1.37 bits per heavy atom. The molecule has 0 radical (unpaired) electrons. The largest absolute Gasteiger partial charge is 0.393 e. The van der Waals surface area contributed by atoms with Crippen LogP contribution in [0, 0.1) is 68.5 Å². The second-order valence-corrected chi connectivity index (χ2v) is 21.1. The number of aliphatic hydroxyl groups is 7. The van der Waals surface area contributed by atoms with Crippen LogP contribution in [0.25, 0.3) is 0 Å². The van der Waals surface area contributed by atoms with Crippen LogP contribution in [0.5, 0.6) is 0 Å². The zero-order chi connectivity index (χ0) is 37.7. The highest BCUT2D eigenvalue weighted by Crippen LogP contribution is 2.78. The molecule has 0 saturated heterocycles. The minimum absolute atomic E-state index is 0.321. The summed E-state index contributed by atoms with van der Waals surface area (Å²) in [6.45, 7) is 19.3. The van der Waals surface area contributed by atoms with Crippen LogP contribution in [0.15, 0.2) is 0 Å². The average molecular weight is 722 g/mol. The number of hydrogen-bond acceptors (Lipinski definition) is 9. The first-order chi connectivity index (χ1) is 23.6. The van der Waals surface area contributed by atoms with E-state index >= 15 is 0 Å². The topological polar surface area (TPSA) is 177 Å². The SMILES string of the molecule is C[C@@H]1CC(C)(C)C2CC[C@]3(C)C(CCC4[C@@]5(C)CC[C@H]([C@H](C)CCC(O)C(O)C(O)CO[C@@H]6[C@H](N)[C@@H](O)[C@H](O)[C@@]6(O)CO)C5CC[C@]43C)[C@@]2(C)C1. The summed E-state index contributed by atoms with van der Waals surface area (Å²) in [5, 5.41) is 73.0. The summed E-state index contributed by atoms with van der Waals surface area (Å²) >= 11 is 0. The molecule has 0 aromatic rings. The van der Waals surface area contributed by atoms with E-state index in [9.17, 15) is 35.7 Å². The van der Waals surface area contributed by atoms with E-state index in [0.717, 1.165) is 30.1 Å². The summed E-state index contributed by atoms with van der Waals surface area (Å²) in [5.41, 5.74) is 5.59. The van der Waals surface area contributed by atoms with Crippen LogP contribution >= 0.6 is 0 Å².